The van der Waals surface area contributed by atoms with Crippen LogP contribution in [0.15, 0.2) is 36.4 Å². The Morgan fingerprint density at radius 1 is 1.08 bits per heavy atom. The van der Waals surface area contributed by atoms with Crippen LogP contribution in [0.1, 0.15) is 17.5 Å². The summed E-state index contributed by atoms with van der Waals surface area (Å²) in [6, 6.07) is 11.1. The molecule has 0 bridgehead atoms. The molecule has 2 aromatic rings. The van der Waals surface area contributed by atoms with E-state index in [1.807, 2.05) is 31.2 Å². The van der Waals surface area contributed by atoms with Gasteiger partial charge in [-0.05, 0) is 61.2 Å². The second kappa shape index (κ2) is 9.92. The fraction of sp³-hybridized carbons (Fsp3) is 0.350. The Kier molecular flexibility index (Phi) is 7.60. The summed E-state index contributed by atoms with van der Waals surface area (Å²) in [6.45, 7) is 2.46. The van der Waals surface area contributed by atoms with E-state index in [-0.39, 0.29) is 12.5 Å². The highest BCUT2D eigenvalue weighted by Crippen LogP contribution is 2.27. The number of benzene rings is 2. The van der Waals surface area contributed by atoms with E-state index < -0.39 is 0 Å². The van der Waals surface area contributed by atoms with Gasteiger partial charge in [-0.2, -0.15) is 0 Å². The highest BCUT2D eigenvalue weighted by molar-refractivity contribution is 6.31. The molecule has 0 fully saturated rings. The number of ether oxygens (including phenoxy) is 3. The molecule has 0 heterocycles. The molecule has 0 unspecified atom stereocenters. The van der Waals surface area contributed by atoms with Crippen molar-refractivity contribution in [2.45, 2.75) is 19.8 Å². The summed E-state index contributed by atoms with van der Waals surface area (Å²) in [7, 11) is 3.23. The molecule has 140 valence electrons. The molecule has 0 radical (unpaired) electrons. The van der Waals surface area contributed by atoms with E-state index in [1.54, 1.807) is 26.4 Å². The van der Waals surface area contributed by atoms with Gasteiger partial charge >= 0.3 is 0 Å². The van der Waals surface area contributed by atoms with Crippen LogP contribution >= 0.6 is 11.6 Å². The number of carbonyl (C=O) groups is 1. The number of carbonyl (C=O) groups excluding carboxylic acids is 1. The lowest BCUT2D eigenvalue weighted by molar-refractivity contribution is -0.123. The molecule has 0 aliphatic heterocycles. The average Bonchev–Trinajstić information content (AvgIpc) is 2.66. The van der Waals surface area contributed by atoms with Crippen molar-refractivity contribution in [3.63, 3.8) is 0 Å². The van der Waals surface area contributed by atoms with Gasteiger partial charge in [0.15, 0.2) is 18.1 Å². The van der Waals surface area contributed by atoms with Crippen LogP contribution in [-0.4, -0.2) is 33.3 Å². The van der Waals surface area contributed by atoms with E-state index >= 15 is 0 Å². The first-order chi connectivity index (χ1) is 12.5. The van der Waals surface area contributed by atoms with E-state index in [0.29, 0.717) is 28.8 Å². The second-order valence-electron chi connectivity index (χ2n) is 5.84. The van der Waals surface area contributed by atoms with Crippen LogP contribution in [0.3, 0.4) is 0 Å². The predicted octanol–water partition coefficient (Wildman–Crippen LogP) is 3.79. The third kappa shape index (κ3) is 5.85. The highest BCUT2D eigenvalue weighted by Gasteiger charge is 2.06. The van der Waals surface area contributed by atoms with Crippen molar-refractivity contribution in [2.75, 3.05) is 27.4 Å². The van der Waals surface area contributed by atoms with Gasteiger partial charge in [0.2, 0.25) is 0 Å². The van der Waals surface area contributed by atoms with Crippen LogP contribution in [0.4, 0.5) is 0 Å². The Bertz CT molecular complexity index is 749. The number of hydrogen-bond donors (Lipinski definition) is 1. The zero-order valence-corrected chi connectivity index (χ0v) is 16.1. The number of halogens is 1. The zero-order chi connectivity index (χ0) is 18.9. The Labute approximate surface area is 159 Å². The molecule has 0 saturated carbocycles. The zero-order valence-electron chi connectivity index (χ0n) is 15.3. The lowest BCUT2D eigenvalue weighted by atomic mass is 10.1. The summed E-state index contributed by atoms with van der Waals surface area (Å²) >= 11 is 5.96. The van der Waals surface area contributed by atoms with Gasteiger partial charge in [-0.15, -0.1) is 0 Å². The van der Waals surface area contributed by atoms with Gasteiger partial charge in [0.25, 0.3) is 5.91 Å². The van der Waals surface area contributed by atoms with Gasteiger partial charge in [0, 0.05) is 11.6 Å². The van der Waals surface area contributed by atoms with Gasteiger partial charge in [0.05, 0.1) is 14.2 Å². The SMILES string of the molecule is COc1ccc(CCCNC(=O)COc2ccc(Cl)c(C)c2)cc1OC. The Balaban J connectivity index is 1.70. The Morgan fingerprint density at radius 3 is 2.54 bits per heavy atom. The Morgan fingerprint density at radius 2 is 1.85 bits per heavy atom. The molecular weight excluding hydrogens is 354 g/mol. The summed E-state index contributed by atoms with van der Waals surface area (Å²) in [6.07, 6.45) is 1.65. The molecule has 6 heteroatoms. The standard InChI is InChI=1S/C20H24ClNO4/c1-14-11-16(7-8-17(14)21)26-13-20(23)22-10-4-5-15-6-9-18(24-2)19(12-15)25-3/h6-9,11-12H,4-5,10,13H2,1-3H3,(H,22,23). The molecule has 0 atom stereocenters. The maximum absolute atomic E-state index is 11.9. The van der Waals surface area contributed by atoms with Crippen molar-refractivity contribution in [1.82, 2.24) is 5.32 Å². The molecule has 1 N–H and O–H groups in total. The molecule has 2 aromatic carbocycles. The minimum Gasteiger partial charge on any atom is -0.493 e. The van der Waals surface area contributed by atoms with Crippen LogP contribution in [0.5, 0.6) is 17.2 Å². The van der Waals surface area contributed by atoms with Gasteiger partial charge < -0.3 is 19.5 Å². The molecule has 0 saturated heterocycles. The third-order valence-corrected chi connectivity index (χ3v) is 4.34. The first-order valence-electron chi connectivity index (χ1n) is 8.40. The smallest absolute Gasteiger partial charge is 0.257 e. The lowest BCUT2D eigenvalue weighted by Gasteiger charge is -2.10. The van der Waals surface area contributed by atoms with E-state index in [9.17, 15) is 4.79 Å². The molecule has 2 rings (SSSR count). The number of nitrogens with one attached hydrogen (secondary N) is 1. The summed E-state index contributed by atoms with van der Waals surface area (Å²) in [5.41, 5.74) is 2.05. The van der Waals surface area contributed by atoms with Gasteiger partial charge in [0.1, 0.15) is 5.75 Å². The van der Waals surface area contributed by atoms with Crippen LogP contribution in [0.25, 0.3) is 0 Å². The minimum atomic E-state index is -0.148. The van der Waals surface area contributed by atoms with Crippen molar-refractivity contribution >= 4 is 17.5 Å². The van der Waals surface area contributed by atoms with E-state index in [4.69, 9.17) is 25.8 Å². The molecule has 0 aromatic heterocycles. The molecule has 1 amide bonds. The van der Waals surface area contributed by atoms with Crippen LogP contribution in [-0.2, 0) is 11.2 Å². The summed E-state index contributed by atoms with van der Waals surface area (Å²) in [4.78, 5) is 11.9. The monoisotopic (exact) mass is 377 g/mol. The number of amides is 1. The van der Waals surface area contributed by atoms with Crippen LogP contribution in [0, 0.1) is 6.92 Å². The summed E-state index contributed by atoms with van der Waals surface area (Å²) in [5.74, 6) is 1.90. The molecule has 0 aliphatic rings. The van der Waals surface area contributed by atoms with Crippen molar-refractivity contribution in [3.05, 3.63) is 52.5 Å². The van der Waals surface area contributed by atoms with E-state index in [0.717, 1.165) is 24.0 Å². The third-order valence-electron chi connectivity index (χ3n) is 3.91. The van der Waals surface area contributed by atoms with Crippen molar-refractivity contribution in [2.24, 2.45) is 0 Å². The summed E-state index contributed by atoms with van der Waals surface area (Å²) in [5, 5.41) is 3.53. The number of hydrogen-bond acceptors (Lipinski definition) is 4. The lowest BCUT2D eigenvalue weighted by Crippen LogP contribution is -2.29. The normalized spacial score (nSPS) is 10.3. The predicted molar refractivity (Wildman–Crippen MR) is 103 cm³/mol. The number of methoxy groups -OCH3 is 2. The largest absolute Gasteiger partial charge is 0.493 e. The Hall–Kier alpha value is -2.40. The van der Waals surface area contributed by atoms with Crippen LogP contribution < -0.4 is 19.5 Å². The van der Waals surface area contributed by atoms with Gasteiger partial charge in [-0.25, -0.2) is 0 Å². The molecule has 5 nitrogen and oxygen atoms in total. The number of aryl methyl sites for hydroxylation is 2. The van der Waals surface area contributed by atoms with Gasteiger partial charge in [-0.3, -0.25) is 4.79 Å². The van der Waals surface area contributed by atoms with Crippen LogP contribution in [0.2, 0.25) is 5.02 Å². The summed E-state index contributed by atoms with van der Waals surface area (Å²) < 4.78 is 16.0. The molecule has 0 spiro atoms. The fourth-order valence-electron chi connectivity index (χ4n) is 2.46. The van der Waals surface area contributed by atoms with E-state index in [1.165, 1.54) is 0 Å². The first-order valence-corrected chi connectivity index (χ1v) is 8.78. The van der Waals surface area contributed by atoms with Gasteiger partial charge in [-0.1, -0.05) is 17.7 Å². The molecule has 26 heavy (non-hydrogen) atoms. The van der Waals surface area contributed by atoms with E-state index in [2.05, 4.69) is 5.32 Å². The van der Waals surface area contributed by atoms with Crippen molar-refractivity contribution in [3.8, 4) is 17.2 Å². The number of rotatable bonds is 9. The molecule has 0 aliphatic carbocycles. The van der Waals surface area contributed by atoms with Crippen molar-refractivity contribution in [1.29, 1.82) is 0 Å². The second-order valence-corrected chi connectivity index (χ2v) is 6.25. The highest BCUT2D eigenvalue weighted by atomic mass is 35.5. The topological polar surface area (TPSA) is 56.8 Å². The minimum absolute atomic E-state index is 0.0164. The maximum Gasteiger partial charge on any atom is 0.257 e. The average molecular weight is 378 g/mol. The molecular formula is C20H24ClNO4. The maximum atomic E-state index is 11.9. The fourth-order valence-corrected chi connectivity index (χ4v) is 2.58. The first kappa shape index (κ1) is 19.9. The quantitative estimate of drug-likeness (QED) is 0.675. The van der Waals surface area contributed by atoms with Crippen molar-refractivity contribution < 1.29 is 19.0 Å².